The standard InChI is InChI=1S/C18H22N2/c1-3-13-20(14-4-2)15-12-19-18-11-7-9-16-8-5-6-10-17(16)18/h3-11,19H,1-2,12-15H2. The highest BCUT2D eigenvalue weighted by molar-refractivity contribution is 5.93. The summed E-state index contributed by atoms with van der Waals surface area (Å²) in [5, 5.41) is 6.07. The molecule has 0 aliphatic carbocycles. The lowest BCUT2D eigenvalue weighted by atomic mass is 10.1. The molecule has 0 aliphatic rings. The molecule has 2 aromatic rings. The summed E-state index contributed by atoms with van der Waals surface area (Å²) in [6.07, 6.45) is 3.86. The van der Waals surface area contributed by atoms with Crippen molar-refractivity contribution in [3.05, 3.63) is 67.8 Å². The molecular formula is C18H22N2. The molecule has 0 atom stereocenters. The first kappa shape index (κ1) is 14.4. The lowest BCUT2D eigenvalue weighted by molar-refractivity contribution is 0.349. The SMILES string of the molecule is C=CCN(CC=C)CCNc1cccc2ccccc12. The van der Waals surface area contributed by atoms with Crippen LogP contribution in [0.1, 0.15) is 0 Å². The number of hydrogen-bond donors (Lipinski definition) is 1. The smallest absolute Gasteiger partial charge is 0.0420 e. The fraction of sp³-hybridized carbons (Fsp3) is 0.222. The van der Waals surface area contributed by atoms with E-state index in [0.717, 1.165) is 26.2 Å². The van der Waals surface area contributed by atoms with Crippen LogP contribution in [0.15, 0.2) is 67.8 Å². The third-order valence-electron chi connectivity index (χ3n) is 3.31. The van der Waals surface area contributed by atoms with Gasteiger partial charge in [0.15, 0.2) is 0 Å². The second-order valence-electron chi connectivity index (χ2n) is 4.79. The van der Waals surface area contributed by atoms with Crippen molar-refractivity contribution in [1.29, 1.82) is 0 Å². The minimum Gasteiger partial charge on any atom is -0.383 e. The van der Waals surface area contributed by atoms with Gasteiger partial charge in [-0.3, -0.25) is 4.90 Å². The summed E-state index contributed by atoms with van der Waals surface area (Å²) >= 11 is 0. The molecule has 2 nitrogen and oxygen atoms in total. The van der Waals surface area contributed by atoms with Crippen molar-refractivity contribution in [3.8, 4) is 0 Å². The van der Waals surface area contributed by atoms with Crippen LogP contribution in [0.2, 0.25) is 0 Å². The number of benzene rings is 2. The van der Waals surface area contributed by atoms with Gasteiger partial charge in [0, 0.05) is 37.3 Å². The third kappa shape index (κ3) is 3.72. The van der Waals surface area contributed by atoms with Crippen molar-refractivity contribution in [1.82, 2.24) is 4.90 Å². The van der Waals surface area contributed by atoms with E-state index in [2.05, 4.69) is 65.8 Å². The summed E-state index contributed by atoms with van der Waals surface area (Å²) in [6.45, 7) is 11.3. The maximum absolute atomic E-state index is 3.79. The van der Waals surface area contributed by atoms with Crippen molar-refractivity contribution >= 4 is 16.5 Å². The van der Waals surface area contributed by atoms with Crippen molar-refractivity contribution in [2.45, 2.75) is 0 Å². The first-order valence-electron chi connectivity index (χ1n) is 7.01. The predicted molar refractivity (Wildman–Crippen MR) is 89.3 cm³/mol. The molecule has 1 N–H and O–H groups in total. The van der Waals surface area contributed by atoms with E-state index in [0.29, 0.717) is 0 Å². The van der Waals surface area contributed by atoms with E-state index < -0.39 is 0 Å². The van der Waals surface area contributed by atoms with Crippen molar-refractivity contribution in [2.24, 2.45) is 0 Å². The molecule has 0 unspecified atom stereocenters. The molecule has 0 heterocycles. The monoisotopic (exact) mass is 266 g/mol. The topological polar surface area (TPSA) is 15.3 Å². The van der Waals surface area contributed by atoms with Crippen LogP contribution in [0.25, 0.3) is 10.8 Å². The quantitative estimate of drug-likeness (QED) is 0.728. The molecule has 0 spiro atoms. The fourth-order valence-electron chi connectivity index (χ4n) is 2.35. The van der Waals surface area contributed by atoms with Crippen LogP contribution >= 0.6 is 0 Å². The Hall–Kier alpha value is -2.06. The molecule has 0 aliphatic heterocycles. The highest BCUT2D eigenvalue weighted by atomic mass is 15.1. The van der Waals surface area contributed by atoms with Crippen molar-refractivity contribution < 1.29 is 0 Å². The lowest BCUT2D eigenvalue weighted by Crippen LogP contribution is -2.29. The van der Waals surface area contributed by atoms with Gasteiger partial charge in [-0.2, -0.15) is 0 Å². The Labute approximate surface area is 121 Å². The second kappa shape index (κ2) is 7.51. The number of nitrogens with one attached hydrogen (secondary N) is 1. The second-order valence-corrected chi connectivity index (χ2v) is 4.79. The molecule has 0 radical (unpaired) electrons. The highest BCUT2D eigenvalue weighted by Crippen LogP contribution is 2.22. The Morgan fingerprint density at radius 1 is 0.950 bits per heavy atom. The Balaban J connectivity index is 1.98. The van der Waals surface area contributed by atoms with Crippen LogP contribution in [0.3, 0.4) is 0 Å². The molecule has 0 saturated heterocycles. The van der Waals surface area contributed by atoms with E-state index >= 15 is 0 Å². The van der Waals surface area contributed by atoms with Crippen LogP contribution in [0, 0.1) is 0 Å². The van der Waals surface area contributed by atoms with Crippen LogP contribution in [-0.4, -0.2) is 31.1 Å². The van der Waals surface area contributed by atoms with Crippen molar-refractivity contribution in [3.63, 3.8) is 0 Å². The third-order valence-corrected chi connectivity index (χ3v) is 3.31. The minimum absolute atomic E-state index is 0.892. The van der Waals surface area contributed by atoms with Gasteiger partial charge in [-0.25, -0.2) is 0 Å². The zero-order valence-electron chi connectivity index (χ0n) is 11.9. The largest absolute Gasteiger partial charge is 0.383 e. The first-order valence-corrected chi connectivity index (χ1v) is 7.01. The molecule has 104 valence electrons. The van der Waals surface area contributed by atoms with Crippen LogP contribution in [-0.2, 0) is 0 Å². The normalized spacial score (nSPS) is 10.7. The van der Waals surface area contributed by atoms with Gasteiger partial charge in [-0.1, -0.05) is 48.6 Å². The highest BCUT2D eigenvalue weighted by Gasteiger charge is 2.02. The maximum atomic E-state index is 3.79. The number of fused-ring (bicyclic) bond motifs is 1. The summed E-state index contributed by atoms with van der Waals surface area (Å²) in [5.74, 6) is 0. The summed E-state index contributed by atoms with van der Waals surface area (Å²) < 4.78 is 0. The van der Waals surface area contributed by atoms with E-state index in [1.54, 1.807) is 0 Å². The average Bonchev–Trinajstić information content (AvgIpc) is 2.48. The molecular weight excluding hydrogens is 244 g/mol. The molecule has 0 bridgehead atoms. The zero-order valence-corrected chi connectivity index (χ0v) is 11.9. The van der Waals surface area contributed by atoms with E-state index in [4.69, 9.17) is 0 Å². The number of nitrogens with zero attached hydrogens (tertiary/aromatic N) is 1. The number of anilines is 1. The Bertz CT molecular complexity index is 559. The Kier molecular flexibility index (Phi) is 5.39. The molecule has 0 amide bonds. The zero-order chi connectivity index (χ0) is 14.2. The Morgan fingerprint density at radius 3 is 2.40 bits per heavy atom. The van der Waals surface area contributed by atoms with Gasteiger partial charge in [0.25, 0.3) is 0 Å². The van der Waals surface area contributed by atoms with Gasteiger partial charge in [-0.15, -0.1) is 13.2 Å². The van der Waals surface area contributed by atoms with E-state index in [1.165, 1.54) is 16.5 Å². The minimum atomic E-state index is 0.892. The summed E-state index contributed by atoms with van der Waals surface area (Å²) in [6, 6.07) is 14.8. The predicted octanol–water partition coefficient (Wildman–Crippen LogP) is 3.93. The van der Waals surface area contributed by atoms with Gasteiger partial charge >= 0.3 is 0 Å². The molecule has 20 heavy (non-hydrogen) atoms. The van der Waals surface area contributed by atoms with Gasteiger partial charge in [0.1, 0.15) is 0 Å². The van der Waals surface area contributed by atoms with Crippen LogP contribution < -0.4 is 5.32 Å². The summed E-state index contributed by atoms with van der Waals surface area (Å²) in [7, 11) is 0. The maximum Gasteiger partial charge on any atom is 0.0420 e. The lowest BCUT2D eigenvalue weighted by Gasteiger charge is -2.19. The van der Waals surface area contributed by atoms with Crippen molar-refractivity contribution in [2.75, 3.05) is 31.5 Å². The van der Waals surface area contributed by atoms with Crippen LogP contribution in [0.4, 0.5) is 5.69 Å². The number of hydrogen-bond acceptors (Lipinski definition) is 2. The first-order chi connectivity index (χ1) is 9.85. The fourth-order valence-corrected chi connectivity index (χ4v) is 2.35. The molecule has 2 heteroatoms. The average molecular weight is 266 g/mol. The van der Waals surface area contributed by atoms with Gasteiger partial charge < -0.3 is 5.32 Å². The molecule has 0 saturated carbocycles. The molecule has 0 aromatic heterocycles. The molecule has 2 rings (SSSR count). The van der Waals surface area contributed by atoms with E-state index in [9.17, 15) is 0 Å². The molecule has 2 aromatic carbocycles. The van der Waals surface area contributed by atoms with Gasteiger partial charge in [0.2, 0.25) is 0 Å². The number of rotatable bonds is 8. The van der Waals surface area contributed by atoms with Crippen LogP contribution in [0.5, 0.6) is 0 Å². The molecule has 0 fully saturated rings. The summed E-state index contributed by atoms with van der Waals surface area (Å²) in [4.78, 5) is 2.30. The summed E-state index contributed by atoms with van der Waals surface area (Å²) in [5.41, 5.74) is 1.19. The van der Waals surface area contributed by atoms with E-state index in [-0.39, 0.29) is 0 Å². The van der Waals surface area contributed by atoms with Gasteiger partial charge in [-0.05, 0) is 11.5 Å². The van der Waals surface area contributed by atoms with Gasteiger partial charge in [0.05, 0.1) is 0 Å². The Morgan fingerprint density at radius 2 is 1.65 bits per heavy atom. The van der Waals surface area contributed by atoms with E-state index in [1.807, 2.05) is 12.2 Å².